The van der Waals surface area contributed by atoms with E-state index >= 15 is 0 Å². The number of nitrogens with zero attached hydrogens (tertiary/aromatic N) is 4. The molecule has 2 N–H and O–H groups in total. The lowest BCUT2D eigenvalue weighted by atomic mass is 9.96. The lowest BCUT2D eigenvalue weighted by Gasteiger charge is -2.22. The Kier molecular flexibility index (Phi) is 6.66. The Bertz CT molecular complexity index is 847. The minimum atomic E-state index is -0.545. The summed E-state index contributed by atoms with van der Waals surface area (Å²) in [7, 11) is 0. The highest BCUT2D eigenvalue weighted by molar-refractivity contribution is 8.00. The highest BCUT2D eigenvalue weighted by Crippen LogP contribution is 2.31. The summed E-state index contributed by atoms with van der Waals surface area (Å²) in [5, 5.41) is 17.2. The molecule has 3 rings (SSSR count). The van der Waals surface area contributed by atoms with E-state index in [0.29, 0.717) is 10.8 Å². The number of hydrogen-bond donors (Lipinski definition) is 2. The van der Waals surface area contributed by atoms with Gasteiger partial charge in [-0.1, -0.05) is 48.7 Å². The number of hydrogen-bond acceptors (Lipinski definition) is 6. The zero-order valence-corrected chi connectivity index (χ0v) is 17.3. The summed E-state index contributed by atoms with van der Waals surface area (Å²) in [6, 6.07) is 5.45. The van der Waals surface area contributed by atoms with Crippen LogP contribution in [0.25, 0.3) is 0 Å². The van der Waals surface area contributed by atoms with Gasteiger partial charge in [-0.05, 0) is 55.7 Å². The number of carbonyl (C=O) groups excluding carboxylic acids is 2. The number of anilines is 1. The van der Waals surface area contributed by atoms with E-state index in [0.717, 1.165) is 24.0 Å². The minimum absolute atomic E-state index is 0.286. The highest BCUT2D eigenvalue weighted by Gasteiger charge is 2.24. The number of rotatable bonds is 5. The fourth-order valence-electron chi connectivity index (χ4n) is 3.35. The van der Waals surface area contributed by atoms with Crippen molar-refractivity contribution in [2.45, 2.75) is 69.3 Å². The third-order valence-electron chi connectivity index (χ3n) is 4.90. The molecular weight excluding hydrogens is 376 g/mol. The third-order valence-corrected chi connectivity index (χ3v) is 5.95. The predicted octanol–water partition coefficient (Wildman–Crippen LogP) is 3.62. The highest BCUT2D eigenvalue weighted by atomic mass is 32.2. The van der Waals surface area contributed by atoms with Crippen LogP contribution in [0.15, 0.2) is 23.4 Å². The number of nitrogens with one attached hydrogen (secondary N) is 2. The Hall–Kier alpha value is -2.42. The van der Waals surface area contributed by atoms with Crippen molar-refractivity contribution in [1.29, 1.82) is 0 Å². The van der Waals surface area contributed by atoms with Crippen LogP contribution in [-0.4, -0.2) is 37.4 Å². The first-order valence-electron chi connectivity index (χ1n) is 9.57. The zero-order valence-electron chi connectivity index (χ0n) is 16.4. The average molecular weight is 403 g/mol. The third kappa shape index (κ3) is 5.09. The Morgan fingerprint density at radius 1 is 1.21 bits per heavy atom. The van der Waals surface area contributed by atoms with Gasteiger partial charge in [0.15, 0.2) is 0 Å². The normalized spacial score (nSPS) is 15.8. The molecule has 1 aliphatic carbocycles. The lowest BCUT2D eigenvalue weighted by Crippen LogP contribution is -2.39. The van der Waals surface area contributed by atoms with Crippen LogP contribution < -0.4 is 10.6 Å². The van der Waals surface area contributed by atoms with Gasteiger partial charge in [-0.25, -0.2) is 9.48 Å². The largest absolute Gasteiger partial charge is 0.325 e. The van der Waals surface area contributed by atoms with Gasteiger partial charge in [0, 0.05) is 5.69 Å². The van der Waals surface area contributed by atoms with E-state index in [-0.39, 0.29) is 11.9 Å². The molecule has 3 amide bonds. The van der Waals surface area contributed by atoms with Gasteiger partial charge in [-0.2, -0.15) is 0 Å². The molecule has 1 atom stereocenters. The van der Waals surface area contributed by atoms with Crippen molar-refractivity contribution in [3.63, 3.8) is 0 Å². The zero-order chi connectivity index (χ0) is 20.1. The summed E-state index contributed by atoms with van der Waals surface area (Å²) in [4.78, 5) is 24.6. The van der Waals surface area contributed by atoms with Crippen LogP contribution in [0.1, 0.15) is 56.2 Å². The van der Waals surface area contributed by atoms with Crippen molar-refractivity contribution in [2.24, 2.45) is 0 Å². The van der Waals surface area contributed by atoms with Gasteiger partial charge in [0.1, 0.15) is 0 Å². The van der Waals surface area contributed by atoms with Crippen LogP contribution in [0.3, 0.4) is 0 Å². The number of aromatic nitrogens is 4. The molecule has 1 aromatic carbocycles. The number of aryl methyl sites for hydroxylation is 2. The van der Waals surface area contributed by atoms with Crippen molar-refractivity contribution >= 4 is 29.4 Å². The van der Waals surface area contributed by atoms with E-state index in [1.54, 1.807) is 6.92 Å². The van der Waals surface area contributed by atoms with Crippen LogP contribution in [0.4, 0.5) is 10.5 Å². The van der Waals surface area contributed by atoms with E-state index in [2.05, 4.69) is 26.2 Å². The van der Waals surface area contributed by atoms with Crippen molar-refractivity contribution < 1.29 is 9.59 Å². The summed E-state index contributed by atoms with van der Waals surface area (Å²) in [6.07, 6.45) is 5.69. The number of carbonyl (C=O) groups is 2. The molecule has 0 saturated heterocycles. The van der Waals surface area contributed by atoms with Gasteiger partial charge in [-0.15, -0.1) is 5.10 Å². The Morgan fingerprint density at radius 2 is 1.96 bits per heavy atom. The first kappa shape index (κ1) is 20.3. The SMILES string of the molecule is Cc1ccc(NC(=O)NC(=O)C(C)Sc2nnnn2C2CCCCC2)c(C)c1. The molecule has 150 valence electrons. The topological polar surface area (TPSA) is 102 Å². The van der Waals surface area contributed by atoms with Crippen LogP contribution >= 0.6 is 11.8 Å². The molecule has 1 heterocycles. The van der Waals surface area contributed by atoms with E-state index in [1.165, 1.54) is 31.0 Å². The van der Waals surface area contributed by atoms with E-state index in [4.69, 9.17) is 0 Å². The average Bonchev–Trinajstić information content (AvgIpc) is 3.12. The maximum atomic E-state index is 12.4. The van der Waals surface area contributed by atoms with Crippen molar-refractivity contribution in [1.82, 2.24) is 25.5 Å². The maximum absolute atomic E-state index is 12.4. The molecule has 1 aromatic heterocycles. The van der Waals surface area contributed by atoms with Crippen LogP contribution in [0, 0.1) is 13.8 Å². The van der Waals surface area contributed by atoms with E-state index in [9.17, 15) is 9.59 Å². The molecule has 0 radical (unpaired) electrons. The summed E-state index contributed by atoms with van der Waals surface area (Å²) in [5.74, 6) is -0.384. The Balaban J connectivity index is 1.56. The second kappa shape index (κ2) is 9.18. The van der Waals surface area contributed by atoms with E-state index < -0.39 is 11.3 Å². The second-order valence-electron chi connectivity index (χ2n) is 7.22. The van der Waals surface area contributed by atoms with Gasteiger partial charge in [0.05, 0.1) is 11.3 Å². The summed E-state index contributed by atoms with van der Waals surface area (Å²) >= 11 is 1.27. The molecule has 1 unspecified atom stereocenters. The number of amides is 3. The standard InChI is InChI=1S/C19H26N6O2S/c1-12-9-10-16(13(2)11-12)20-18(27)21-17(26)14(3)28-19-22-23-24-25(19)15-7-5-4-6-8-15/h9-11,14-15H,4-8H2,1-3H3,(H2,20,21,26,27). The molecule has 1 fully saturated rings. The fraction of sp³-hybridized carbons (Fsp3) is 0.526. The number of imide groups is 1. The summed E-state index contributed by atoms with van der Waals surface area (Å²) < 4.78 is 1.82. The Labute approximate surface area is 168 Å². The summed E-state index contributed by atoms with van der Waals surface area (Å²) in [5.41, 5.74) is 2.73. The van der Waals surface area contributed by atoms with Gasteiger partial charge in [0.25, 0.3) is 0 Å². The van der Waals surface area contributed by atoms with Crippen LogP contribution in [-0.2, 0) is 4.79 Å². The molecule has 0 aliphatic heterocycles. The molecule has 28 heavy (non-hydrogen) atoms. The van der Waals surface area contributed by atoms with Crippen molar-refractivity contribution in [3.8, 4) is 0 Å². The Morgan fingerprint density at radius 3 is 2.68 bits per heavy atom. The first-order valence-corrected chi connectivity index (χ1v) is 10.5. The van der Waals surface area contributed by atoms with Crippen molar-refractivity contribution in [3.05, 3.63) is 29.3 Å². The molecule has 9 heteroatoms. The number of benzene rings is 1. The fourth-order valence-corrected chi connectivity index (χ4v) is 4.21. The summed E-state index contributed by atoms with van der Waals surface area (Å²) in [6.45, 7) is 5.64. The monoisotopic (exact) mass is 402 g/mol. The van der Waals surface area contributed by atoms with Gasteiger partial charge >= 0.3 is 6.03 Å². The van der Waals surface area contributed by atoms with Gasteiger partial charge in [-0.3, -0.25) is 10.1 Å². The first-order chi connectivity index (χ1) is 13.4. The van der Waals surface area contributed by atoms with Gasteiger partial charge in [0.2, 0.25) is 11.1 Å². The van der Waals surface area contributed by atoms with Gasteiger partial charge < -0.3 is 5.32 Å². The maximum Gasteiger partial charge on any atom is 0.325 e. The molecule has 2 aromatic rings. The number of thioether (sulfide) groups is 1. The lowest BCUT2D eigenvalue weighted by molar-refractivity contribution is -0.119. The molecular formula is C19H26N6O2S. The second-order valence-corrected chi connectivity index (χ2v) is 8.53. The quantitative estimate of drug-likeness (QED) is 0.741. The molecule has 0 spiro atoms. The van der Waals surface area contributed by atoms with Crippen LogP contribution in [0.2, 0.25) is 0 Å². The molecule has 0 bridgehead atoms. The number of urea groups is 1. The van der Waals surface area contributed by atoms with E-state index in [1.807, 2.05) is 36.7 Å². The molecule has 1 saturated carbocycles. The van der Waals surface area contributed by atoms with Crippen LogP contribution in [0.5, 0.6) is 0 Å². The smallest absolute Gasteiger partial charge is 0.307 e. The van der Waals surface area contributed by atoms with Crippen molar-refractivity contribution in [2.75, 3.05) is 5.32 Å². The number of tetrazole rings is 1. The minimum Gasteiger partial charge on any atom is -0.307 e. The molecule has 1 aliphatic rings. The predicted molar refractivity (Wildman–Crippen MR) is 108 cm³/mol. The molecule has 8 nitrogen and oxygen atoms in total.